The zero-order valence-corrected chi connectivity index (χ0v) is 15.9. The van der Waals surface area contributed by atoms with Gasteiger partial charge in [-0.3, -0.25) is 9.78 Å². The van der Waals surface area contributed by atoms with Crippen molar-refractivity contribution in [2.45, 2.75) is 43.9 Å². The molecule has 1 fully saturated rings. The number of rotatable bonds is 2. The van der Waals surface area contributed by atoms with Gasteiger partial charge in [0.05, 0.1) is 5.69 Å². The number of fused-ring (bicyclic) bond motifs is 2. The molecule has 136 valence electrons. The number of nitrogens with zero attached hydrogens (tertiary/aromatic N) is 2. The van der Waals surface area contributed by atoms with E-state index in [2.05, 4.69) is 33.9 Å². The van der Waals surface area contributed by atoms with Gasteiger partial charge >= 0.3 is 0 Å². The fourth-order valence-electron chi connectivity index (χ4n) is 4.56. The van der Waals surface area contributed by atoms with Gasteiger partial charge in [-0.1, -0.05) is 18.9 Å². The van der Waals surface area contributed by atoms with Crippen LogP contribution in [0.3, 0.4) is 0 Å². The van der Waals surface area contributed by atoms with E-state index in [9.17, 15) is 4.79 Å². The number of hydrogen-bond acceptors (Lipinski definition) is 4. The van der Waals surface area contributed by atoms with Crippen LogP contribution < -0.4 is 5.32 Å². The summed E-state index contributed by atoms with van der Waals surface area (Å²) in [5.74, 6) is 0.140. The van der Waals surface area contributed by atoms with E-state index >= 15 is 0 Å². The monoisotopic (exact) mass is 375 g/mol. The maximum absolute atomic E-state index is 12.2. The van der Waals surface area contributed by atoms with Crippen LogP contribution in [0.15, 0.2) is 48.1 Å². The highest BCUT2D eigenvalue weighted by Crippen LogP contribution is 2.49. The molecule has 5 rings (SSSR count). The highest BCUT2D eigenvalue weighted by Gasteiger charge is 2.39. The number of benzene rings is 1. The number of carbonyl (C=O) groups is 1. The van der Waals surface area contributed by atoms with Crippen molar-refractivity contribution in [1.82, 2.24) is 9.97 Å². The second-order valence-electron chi connectivity index (χ2n) is 7.57. The van der Waals surface area contributed by atoms with Crippen LogP contribution in [-0.2, 0) is 10.2 Å². The van der Waals surface area contributed by atoms with Gasteiger partial charge in [-0.15, -0.1) is 11.3 Å². The summed E-state index contributed by atoms with van der Waals surface area (Å²) in [6, 6.07) is 10.4. The van der Waals surface area contributed by atoms with Crippen LogP contribution in [0, 0.1) is 0 Å². The van der Waals surface area contributed by atoms with Gasteiger partial charge in [-0.25, -0.2) is 4.98 Å². The fraction of sp³-hybridized carbons (Fsp3) is 0.318. The quantitative estimate of drug-likeness (QED) is 0.651. The van der Waals surface area contributed by atoms with Crippen LogP contribution in [0.1, 0.15) is 44.1 Å². The van der Waals surface area contributed by atoms with Gasteiger partial charge in [0.15, 0.2) is 0 Å². The Bertz CT molecular complexity index is 990. The highest BCUT2D eigenvalue weighted by atomic mass is 32.1. The minimum absolute atomic E-state index is 0.140. The second kappa shape index (κ2) is 6.57. The standard InChI is InChI=1S/C22H21N3OS/c26-20-5-10-22(8-1-2-9-22)17-13-16(3-4-18(17)24-20)19-14-27-21(25-19)15-6-11-23-12-7-15/h3-4,6-7,11-14H,1-2,5,8-10H2,(H,24,26). The van der Waals surface area contributed by atoms with Crippen molar-refractivity contribution in [2.24, 2.45) is 0 Å². The molecule has 1 aliphatic heterocycles. The van der Waals surface area contributed by atoms with Gasteiger partial charge < -0.3 is 5.32 Å². The summed E-state index contributed by atoms with van der Waals surface area (Å²) in [4.78, 5) is 21.1. The lowest BCUT2D eigenvalue weighted by atomic mass is 9.74. The molecule has 3 aromatic rings. The molecule has 0 atom stereocenters. The SMILES string of the molecule is O=C1CCC2(CCCC2)c2cc(-c3csc(-c4ccncc4)n3)ccc2N1. The largest absolute Gasteiger partial charge is 0.326 e. The van der Waals surface area contributed by atoms with Gasteiger partial charge in [0.2, 0.25) is 5.91 Å². The summed E-state index contributed by atoms with van der Waals surface area (Å²) in [5.41, 5.74) is 5.67. The van der Waals surface area contributed by atoms with Crippen LogP contribution in [-0.4, -0.2) is 15.9 Å². The molecule has 1 saturated carbocycles. The molecule has 0 bridgehead atoms. The predicted molar refractivity (Wildman–Crippen MR) is 109 cm³/mol. The molecule has 0 unspecified atom stereocenters. The van der Waals surface area contributed by atoms with E-state index in [1.165, 1.54) is 31.2 Å². The average molecular weight is 375 g/mol. The van der Waals surface area contributed by atoms with Gasteiger partial charge in [0.1, 0.15) is 5.01 Å². The Hall–Kier alpha value is -2.53. The number of thiazole rings is 1. The van der Waals surface area contributed by atoms with Gasteiger partial charge in [-0.2, -0.15) is 0 Å². The molecule has 2 aromatic heterocycles. The number of amides is 1. The molecule has 27 heavy (non-hydrogen) atoms. The van der Waals surface area contributed by atoms with E-state index in [1.54, 1.807) is 23.7 Å². The molecule has 1 aliphatic carbocycles. The third-order valence-electron chi connectivity index (χ3n) is 5.98. The number of aromatic nitrogens is 2. The van der Waals surface area contributed by atoms with Gasteiger partial charge in [0, 0.05) is 41.0 Å². The van der Waals surface area contributed by atoms with Crippen molar-refractivity contribution >= 4 is 22.9 Å². The van der Waals surface area contributed by atoms with Gasteiger partial charge in [0.25, 0.3) is 0 Å². The molecule has 0 saturated heterocycles. The Morgan fingerprint density at radius 3 is 2.63 bits per heavy atom. The van der Waals surface area contributed by atoms with Crippen LogP contribution in [0.4, 0.5) is 5.69 Å². The van der Waals surface area contributed by atoms with E-state index in [1.807, 2.05) is 12.1 Å². The van der Waals surface area contributed by atoms with Crippen molar-refractivity contribution in [3.63, 3.8) is 0 Å². The Morgan fingerprint density at radius 2 is 1.81 bits per heavy atom. The molecule has 5 heteroatoms. The summed E-state index contributed by atoms with van der Waals surface area (Å²) in [5, 5.41) is 6.24. The number of nitrogens with one attached hydrogen (secondary N) is 1. The first-order valence-corrected chi connectivity index (χ1v) is 10.4. The third-order valence-corrected chi connectivity index (χ3v) is 6.87. The maximum Gasteiger partial charge on any atom is 0.224 e. The van der Waals surface area contributed by atoms with E-state index in [0.717, 1.165) is 33.9 Å². The minimum Gasteiger partial charge on any atom is -0.326 e. The average Bonchev–Trinajstić information content (AvgIpc) is 3.35. The topological polar surface area (TPSA) is 54.9 Å². The zero-order chi connectivity index (χ0) is 18.3. The molecule has 4 nitrogen and oxygen atoms in total. The van der Waals surface area contributed by atoms with E-state index in [0.29, 0.717) is 6.42 Å². The second-order valence-corrected chi connectivity index (χ2v) is 8.43. The van der Waals surface area contributed by atoms with Gasteiger partial charge in [-0.05, 0) is 54.5 Å². The lowest BCUT2D eigenvalue weighted by molar-refractivity contribution is -0.116. The van der Waals surface area contributed by atoms with Crippen LogP contribution in [0.25, 0.3) is 21.8 Å². The first-order chi connectivity index (χ1) is 13.2. The molecule has 1 amide bonds. The van der Waals surface area contributed by atoms with Crippen molar-refractivity contribution in [2.75, 3.05) is 5.32 Å². The van der Waals surface area contributed by atoms with Crippen LogP contribution in [0.2, 0.25) is 0 Å². The Balaban J connectivity index is 1.57. The summed E-state index contributed by atoms with van der Waals surface area (Å²) in [6.45, 7) is 0. The first-order valence-electron chi connectivity index (χ1n) is 9.54. The van der Waals surface area contributed by atoms with E-state index in [-0.39, 0.29) is 11.3 Å². The molecular formula is C22H21N3OS. The fourth-order valence-corrected chi connectivity index (χ4v) is 5.39. The Labute approximate surface area is 162 Å². The third kappa shape index (κ3) is 2.96. The Kier molecular flexibility index (Phi) is 4.05. The number of hydrogen-bond donors (Lipinski definition) is 1. The highest BCUT2D eigenvalue weighted by molar-refractivity contribution is 7.13. The van der Waals surface area contributed by atoms with E-state index < -0.39 is 0 Å². The normalized spacial score (nSPS) is 18.1. The summed E-state index contributed by atoms with van der Waals surface area (Å²) >= 11 is 1.65. The van der Waals surface area contributed by atoms with Crippen LogP contribution >= 0.6 is 11.3 Å². The smallest absolute Gasteiger partial charge is 0.224 e. The molecular weight excluding hydrogens is 354 g/mol. The zero-order valence-electron chi connectivity index (χ0n) is 15.1. The molecule has 1 spiro atoms. The molecule has 1 N–H and O–H groups in total. The maximum atomic E-state index is 12.2. The minimum atomic E-state index is 0.140. The molecule has 2 aliphatic rings. The van der Waals surface area contributed by atoms with Crippen molar-refractivity contribution in [1.29, 1.82) is 0 Å². The predicted octanol–water partition coefficient (Wildman–Crippen LogP) is 5.42. The summed E-state index contributed by atoms with van der Waals surface area (Å²) in [6.07, 6.45) is 10.0. The summed E-state index contributed by atoms with van der Waals surface area (Å²) < 4.78 is 0. The van der Waals surface area contributed by atoms with E-state index in [4.69, 9.17) is 4.98 Å². The molecule has 1 aromatic carbocycles. The lowest BCUT2D eigenvalue weighted by Crippen LogP contribution is -2.21. The van der Waals surface area contributed by atoms with Crippen molar-refractivity contribution in [3.05, 3.63) is 53.7 Å². The number of carbonyl (C=O) groups excluding carboxylic acids is 1. The lowest BCUT2D eigenvalue weighted by Gasteiger charge is -2.29. The van der Waals surface area contributed by atoms with Crippen LogP contribution in [0.5, 0.6) is 0 Å². The first kappa shape index (κ1) is 16.6. The molecule has 0 radical (unpaired) electrons. The van der Waals surface area contributed by atoms with Crippen molar-refractivity contribution < 1.29 is 4.79 Å². The van der Waals surface area contributed by atoms with Crippen molar-refractivity contribution in [3.8, 4) is 21.8 Å². The molecule has 3 heterocycles. The number of anilines is 1. The Morgan fingerprint density at radius 1 is 1.00 bits per heavy atom. The summed E-state index contributed by atoms with van der Waals surface area (Å²) in [7, 11) is 0. The number of pyridine rings is 1.